The van der Waals surface area contributed by atoms with Crippen LogP contribution in [0, 0.1) is 12.7 Å². The van der Waals surface area contributed by atoms with E-state index in [1.807, 2.05) is 19.1 Å². The number of aromatic amines is 1. The van der Waals surface area contributed by atoms with Gasteiger partial charge in [-0.3, -0.25) is 10.1 Å². The van der Waals surface area contributed by atoms with Gasteiger partial charge in [0, 0.05) is 11.6 Å². The first-order valence-corrected chi connectivity index (χ1v) is 12.8. The van der Waals surface area contributed by atoms with Crippen LogP contribution in [0.25, 0.3) is 33.5 Å². The van der Waals surface area contributed by atoms with E-state index in [9.17, 15) is 9.18 Å². The van der Waals surface area contributed by atoms with E-state index < -0.39 is 5.82 Å². The summed E-state index contributed by atoms with van der Waals surface area (Å²) in [6.45, 7) is 3.86. The molecule has 2 aromatic heterocycles. The SMILES string of the molecule is Cc1ccc2nc(NC(=O)c3cc(Cl)c4[nH]c(-c5c(F)cccc5Cl)nc4c3)n(C3CCNCC3)c2c1. The van der Waals surface area contributed by atoms with Gasteiger partial charge < -0.3 is 14.9 Å². The number of imidazole rings is 2. The minimum atomic E-state index is -0.507. The number of aromatic nitrogens is 4. The van der Waals surface area contributed by atoms with Gasteiger partial charge in [0.1, 0.15) is 11.6 Å². The van der Waals surface area contributed by atoms with Gasteiger partial charge in [-0.1, -0.05) is 35.3 Å². The van der Waals surface area contributed by atoms with Crippen LogP contribution in [0.15, 0.2) is 48.5 Å². The Labute approximate surface area is 222 Å². The van der Waals surface area contributed by atoms with Crippen molar-refractivity contribution in [1.82, 2.24) is 24.8 Å². The molecule has 0 radical (unpaired) electrons. The minimum absolute atomic E-state index is 0.147. The molecule has 3 N–H and O–H groups in total. The number of hydrogen-bond donors (Lipinski definition) is 3. The van der Waals surface area contributed by atoms with Gasteiger partial charge in [0.05, 0.1) is 37.7 Å². The number of benzene rings is 3. The van der Waals surface area contributed by atoms with Gasteiger partial charge in [-0.15, -0.1) is 0 Å². The molecule has 188 valence electrons. The zero-order valence-corrected chi connectivity index (χ0v) is 21.4. The van der Waals surface area contributed by atoms with Crippen LogP contribution in [0.1, 0.15) is 34.8 Å². The Bertz CT molecular complexity index is 1650. The van der Waals surface area contributed by atoms with Crippen molar-refractivity contribution in [2.45, 2.75) is 25.8 Å². The lowest BCUT2D eigenvalue weighted by Gasteiger charge is -2.26. The minimum Gasteiger partial charge on any atom is -0.337 e. The van der Waals surface area contributed by atoms with Crippen molar-refractivity contribution in [3.63, 3.8) is 0 Å². The lowest BCUT2D eigenvalue weighted by Crippen LogP contribution is -2.30. The Morgan fingerprint density at radius 1 is 1.05 bits per heavy atom. The summed E-state index contributed by atoms with van der Waals surface area (Å²) >= 11 is 12.7. The summed E-state index contributed by atoms with van der Waals surface area (Å²) in [7, 11) is 0. The fourth-order valence-electron chi connectivity index (χ4n) is 4.94. The Morgan fingerprint density at radius 3 is 2.65 bits per heavy atom. The molecule has 3 aromatic carbocycles. The predicted octanol–water partition coefficient (Wildman–Crippen LogP) is 6.51. The summed E-state index contributed by atoms with van der Waals surface area (Å²) < 4.78 is 16.6. The van der Waals surface area contributed by atoms with Gasteiger partial charge in [0.15, 0.2) is 0 Å². The molecule has 3 heterocycles. The van der Waals surface area contributed by atoms with Crippen molar-refractivity contribution in [2.24, 2.45) is 0 Å². The van der Waals surface area contributed by atoms with Gasteiger partial charge in [-0.25, -0.2) is 14.4 Å². The number of carbonyl (C=O) groups is 1. The van der Waals surface area contributed by atoms with Gasteiger partial charge in [0.2, 0.25) is 5.95 Å². The second-order valence-electron chi connectivity index (χ2n) is 9.27. The van der Waals surface area contributed by atoms with Crippen LogP contribution in [0.2, 0.25) is 10.0 Å². The molecule has 1 amide bonds. The Kier molecular flexibility index (Phi) is 6.10. The van der Waals surface area contributed by atoms with E-state index in [1.165, 1.54) is 12.1 Å². The second kappa shape index (κ2) is 9.45. The van der Waals surface area contributed by atoms with Crippen LogP contribution in [0.3, 0.4) is 0 Å². The molecule has 5 aromatic rings. The number of rotatable bonds is 4. The highest BCUT2D eigenvalue weighted by Gasteiger charge is 2.24. The number of H-pyrrole nitrogens is 1. The second-order valence-corrected chi connectivity index (χ2v) is 10.1. The highest BCUT2D eigenvalue weighted by Crippen LogP contribution is 2.34. The van der Waals surface area contributed by atoms with Crippen molar-refractivity contribution in [3.05, 3.63) is 75.5 Å². The zero-order valence-electron chi connectivity index (χ0n) is 19.9. The molecule has 7 nitrogen and oxygen atoms in total. The maximum atomic E-state index is 14.5. The number of amides is 1. The number of aryl methyl sites for hydroxylation is 1. The van der Waals surface area contributed by atoms with Crippen LogP contribution in [0.5, 0.6) is 0 Å². The molecule has 6 rings (SSSR count). The molecule has 0 aliphatic carbocycles. The number of fused-ring (bicyclic) bond motifs is 2. The Balaban J connectivity index is 1.38. The number of hydrogen-bond acceptors (Lipinski definition) is 4. The Morgan fingerprint density at radius 2 is 1.86 bits per heavy atom. The molecule has 0 atom stereocenters. The first kappa shape index (κ1) is 23.9. The topological polar surface area (TPSA) is 87.6 Å². The highest BCUT2D eigenvalue weighted by atomic mass is 35.5. The molecule has 37 heavy (non-hydrogen) atoms. The third kappa shape index (κ3) is 4.35. The summed E-state index contributed by atoms with van der Waals surface area (Å²) in [6.07, 6.45) is 1.88. The van der Waals surface area contributed by atoms with E-state index in [0.717, 1.165) is 42.5 Å². The van der Waals surface area contributed by atoms with E-state index >= 15 is 0 Å². The molecule has 1 aliphatic heterocycles. The van der Waals surface area contributed by atoms with Crippen molar-refractivity contribution < 1.29 is 9.18 Å². The molecule has 1 aliphatic rings. The molecule has 0 unspecified atom stereocenters. The summed E-state index contributed by atoms with van der Waals surface area (Å²) in [5, 5.41) is 6.90. The van der Waals surface area contributed by atoms with Crippen LogP contribution in [0.4, 0.5) is 10.3 Å². The van der Waals surface area contributed by atoms with E-state index in [4.69, 9.17) is 28.2 Å². The number of nitrogens with one attached hydrogen (secondary N) is 3. The van der Waals surface area contributed by atoms with Gasteiger partial charge >= 0.3 is 0 Å². The van der Waals surface area contributed by atoms with Crippen LogP contribution < -0.4 is 10.6 Å². The maximum absolute atomic E-state index is 14.5. The molecule has 0 saturated carbocycles. The summed E-state index contributed by atoms with van der Waals surface area (Å²) in [5.41, 5.74) is 4.33. The quantitative estimate of drug-likeness (QED) is 0.244. The normalized spacial score (nSPS) is 14.5. The third-order valence-corrected chi connectivity index (χ3v) is 7.36. The van der Waals surface area contributed by atoms with Crippen LogP contribution >= 0.6 is 23.2 Å². The van der Waals surface area contributed by atoms with E-state index in [0.29, 0.717) is 22.5 Å². The van der Waals surface area contributed by atoms with Gasteiger partial charge in [-0.2, -0.15) is 0 Å². The monoisotopic (exact) mass is 536 g/mol. The smallest absolute Gasteiger partial charge is 0.258 e. The fourth-order valence-corrected chi connectivity index (χ4v) is 5.46. The molecule has 1 fully saturated rings. The number of piperidine rings is 1. The largest absolute Gasteiger partial charge is 0.337 e. The average Bonchev–Trinajstić information content (AvgIpc) is 3.45. The van der Waals surface area contributed by atoms with E-state index in [2.05, 4.69) is 31.2 Å². The van der Waals surface area contributed by atoms with Gasteiger partial charge in [0.25, 0.3) is 5.91 Å². The van der Waals surface area contributed by atoms with Crippen molar-refractivity contribution in [2.75, 3.05) is 18.4 Å². The summed E-state index contributed by atoms with van der Waals surface area (Å²) in [5.74, 6) is -0.137. The molecular formula is C27H23Cl2FN6O. The summed E-state index contributed by atoms with van der Waals surface area (Å²) in [6, 6.07) is 13.9. The predicted molar refractivity (Wildman–Crippen MR) is 145 cm³/mol. The Hall–Kier alpha value is -3.46. The molecule has 1 saturated heterocycles. The number of halogens is 3. The van der Waals surface area contributed by atoms with Crippen LogP contribution in [-0.4, -0.2) is 38.5 Å². The molecular weight excluding hydrogens is 514 g/mol. The zero-order chi connectivity index (χ0) is 25.7. The number of carbonyl (C=O) groups excluding carboxylic acids is 1. The van der Waals surface area contributed by atoms with Crippen molar-refractivity contribution in [3.8, 4) is 11.4 Å². The first-order valence-electron chi connectivity index (χ1n) is 12.0. The van der Waals surface area contributed by atoms with E-state index in [1.54, 1.807) is 18.2 Å². The lowest BCUT2D eigenvalue weighted by atomic mass is 10.1. The standard InChI is InChI=1S/C27H23Cl2FN6O/c1-14-5-6-20-22(11-14)36(16-7-9-31-10-8-16)27(33-20)35-26(37)15-12-18(29)24-21(13-15)32-25(34-24)23-17(28)3-2-4-19(23)30/h2-6,11-13,16,31H,7-10H2,1H3,(H,32,34)(H,33,35,37). The number of anilines is 1. The summed E-state index contributed by atoms with van der Waals surface area (Å²) in [4.78, 5) is 25.7. The highest BCUT2D eigenvalue weighted by molar-refractivity contribution is 6.36. The first-order chi connectivity index (χ1) is 17.9. The lowest BCUT2D eigenvalue weighted by molar-refractivity contribution is 0.102. The molecule has 10 heteroatoms. The average molecular weight is 537 g/mol. The fraction of sp³-hybridized carbons (Fsp3) is 0.222. The molecule has 0 spiro atoms. The maximum Gasteiger partial charge on any atom is 0.258 e. The number of nitrogens with zero attached hydrogens (tertiary/aromatic N) is 3. The van der Waals surface area contributed by atoms with Crippen LogP contribution in [-0.2, 0) is 0 Å². The molecule has 0 bridgehead atoms. The van der Waals surface area contributed by atoms with E-state index in [-0.39, 0.29) is 33.4 Å². The van der Waals surface area contributed by atoms with Gasteiger partial charge in [-0.05, 0) is 74.8 Å². The third-order valence-electron chi connectivity index (χ3n) is 6.75. The van der Waals surface area contributed by atoms with Crippen molar-refractivity contribution in [1.29, 1.82) is 0 Å². The van der Waals surface area contributed by atoms with Crippen molar-refractivity contribution >= 4 is 57.1 Å².